The molecule has 7 nitrogen and oxygen atoms in total. The van der Waals surface area contributed by atoms with Gasteiger partial charge in [-0.3, -0.25) is 9.69 Å². The van der Waals surface area contributed by atoms with E-state index in [1.165, 1.54) is 21.3 Å². The number of hydrogen-bond donors (Lipinski definition) is 0. The number of amides is 1. The number of carbonyl (C=O) groups is 1. The summed E-state index contributed by atoms with van der Waals surface area (Å²) in [4.78, 5) is 13.7. The lowest BCUT2D eigenvalue weighted by Crippen LogP contribution is -2.32. The van der Waals surface area contributed by atoms with Crippen LogP contribution in [0.1, 0.15) is 0 Å². The SMILES string of the molecule is Cn1nnnc1SCC(=O)N(CC#N)c1ccccc1. The highest BCUT2D eigenvalue weighted by Gasteiger charge is 2.16. The van der Waals surface area contributed by atoms with Crippen molar-refractivity contribution >= 4 is 23.4 Å². The van der Waals surface area contributed by atoms with Crippen molar-refractivity contribution in [2.24, 2.45) is 7.05 Å². The second-order valence-electron chi connectivity index (χ2n) is 3.85. The van der Waals surface area contributed by atoms with Gasteiger partial charge in [0.25, 0.3) is 0 Å². The van der Waals surface area contributed by atoms with Crippen LogP contribution < -0.4 is 4.90 Å². The zero-order valence-corrected chi connectivity index (χ0v) is 11.6. The Morgan fingerprint density at radius 1 is 1.45 bits per heavy atom. The van der Waals surface area contributed by atoms with Gasteiger partial charge in [0.1, 0.15) is 6.54 Å². The molecule has 0 fully saturated rings. The van der Waals surface area contributed by atoms with Gasteiger partial charge in [-0.15, -0.1) is 5.10 Å². The number of anilines is 1. The number of nitriles is 1. The minimum Gasteiger partial charge on any atom is -0.298 e. The second kappa shape index (κ2) is 6.68. The zero-order chi connectivity index (χ0) is 14.4. The minimum absolute atomic E-state index is 0.0144. The molecule has 1 heterocycles. The summed E-state index contributed by atoms with van der Waals surface area (Å²) in [5.41, 5.74) is 0.704. The Kier molecular flexibility index (Phi) is 4.68. The summed E-state index contributed by atoms with van der Waals surface area (Å²) >= 11 is 1.24. The Morgan fingerprint density at radius 2 is 2.20 bits per heavy atom. The molecule has 0 aliphatic carbocycles. The van der Waals surface area contributed by atoms with Crippen LogP contribution >= 0.6 is 11.8 Å². The second-order valence-corrected chi connectivity index (χ2v) is 4.79. The van der Waals surface area contributed by atoms with E-state index in [1.807, 2.05) is 24.3 Å². The Labute approximate surface area is 120 Å². The summed E-state index contributed by atoms with van der Waals surface area (Å²) in [5.74, 6) is 0.0101. The van der Waals surface area contributed by atoms with Crippen molar-refractivity contribution in [2.45, 2.75) is 5.16 Å². The lowest BCUT2D eigenvalue weighted by molar-refractivity contribution is -0.116. The number of benzene rings is 1. The number of aryl methyl sites for hydroxylation is 1. The van der Waals surface area contributed by atoms with Crippen LogP contribution in [0.3, 0.4) is 0 Å². The average Bonchev–Trinajstić information content (AvgIpc) is 2.88. The molecule has 8 heteroatoms. The first-order valence-electron chi connectivity index (χ1n) is 5.80. The molecule has 0 spiro atoms. The Hall–Kier alpha value is -2.40. The summed E-state index contributed by atoms with van der Waals surface area (Å²) < 4.78 is 1.50. The van der Waals surface area contributed by atoms with Crippen LogP contribution in [-0.4, -0.2) is 38.4 Å². The first-order valence-corrected chi connectivity index (χ1v) is 6.78. The van der Waals surface area contributed by atoms with Crippen molar-refractivity contribution in [2.75, 3.05) is 17.2 Å². The van der Waals surface area contributed by atoms with Crippen LogP contribution in [0.25, 0.3) is 0 Å². The van der Waals surface area contributed by atoms with E-state index in [0.717, 1.165) is 0 Å². The van der Waals surface area contributed by atoms with E-state index < -0.39 is 0 Å². The minimum atomic E-state index is -0.161. The molecule has 2 aromatic rings. The molecule has 1 amide bonds. The monoisotopic (exact) mass is 288 g/mol. The van der Waals surface area contributed by atoms with E-state index in [2.05, 4.69) is 15.5 Å². The topological polar surface area (TPSA) is 87.7 Å². The van der Waals surface area contributed by atoms with E-state index in [9.17, 15) is 4.79 Å². The van der Waals surface area contributed by atoms with Gasteiger partial charge < -0.3 is 0 Å². The summed E-state index contributed by atoms with van der Waals surface area (Å²) in [6, 6.07) is 11.1. The van der Waals surface area contributed by atoms with Gasteiger partial charge in [-0.25, -0.2) is 4.68 Å². The smallest absolute Gasteiger partial charge is 0.238 e. The fourth-order valence-electron chi connectivity index (χ4n) is 1.55. The lowest BCUT2D eigenvalue weighted by Gasteiger charge is -2.19. The molecule has 102 valence electrons. The Morgan fingerprint density at radius 3 is 2.80 bits per heavy atom. The van der Waals surface area contributed by atoms with Crippen molar-refractivity contribution in [3.63, 3.8) is 0 Å². The van der Waals surface area contributed by atoms with Crippen LogP contribution in [0.5, 0.6) is 0 Å². The van der Waals surface area contributed by atoms with E-state index >= 15 is 0 Å². The van der Waals surface area contributed by atoms with Gasteiger partial charge in [-0.1, -0.05) is 30.0 Å². The molecule has 1 aromatic heterocycles. The van der Waals surface area contributed by atoms with Crippen molar-refractivity contribution < 1.29 is 4.79 Å². The number of carbonyl (C=O) groups excluding carboxylic acids is 1. The number of tetrazole rings is 1. The number of hydrogen-bond acceptors (Lipinski definition) is 6. The molecular weight excluding hydrogens is 276 g/mol. The van der Waals surface area contributed by atoms with Crippen LogP contribution in [-0.2, 0) is 11.8 Å². The normalized spacial score (nSPS) is 10.0. The predicted molar refractivity (Wildman–Crippen MR) is 73.9 cm³/mol. The fourth-order valence-corrected chi connectivity index (χ4v) is 2.28. The maximum atomic E-state index is 12.2. The highest BCUT2D eigenvalue weighted by Crippen LogP contribution is 2.17. The third kappa shape index (κ3) is 3.33. The molecule has 0 unspecified atom stereocenters. The average molecular weight is 288 g/mol. The molecule has 0 N–H and O–H groups in total. The van der Waals surface area contributed by atoms with E-state index in [0.29, 0.717) is 10.8 Å². The van der Waals surface area contributed by atoms with Gasteiger partial charge in [0, 0.05) is 12.7 Å². The van der Waals surface area contributed by atoms with Gasteiger partial charge in [0.15, 0.2) is 0 Å². The molecular formula is C12H12N6OS. The molecule has 0 aliphatic rings. The summed E-state index contributed by atoms with van der Waals surface area (Å²) in [5, 5.41) is 20.4. The molecule has 0 atom stereocenters. The number of aromatic nitrogens is 4. The quantitative estimate of drug-likeness (QED) is 0.599. The Bertz CT molecular complexity index is 620. The van der Waals surface area contributed by atoms with Crippen LogP contribution in [0.15, 0.2) is 35.5 Å². The molecule has 2 rings (SSSR count). The standard InChI is InChI=1S/C12H12N6OS/c1-17-12(14-15-16-17)20-9-11(19)18(8-7-13)10-5-3-2-4-6-10/h2-6H,8-9H2,1H3. The molecule has 0 saturated carbocycles. The molecule has 20 heavy (non-hydrogen) atoms. The van der Waals surface area contributed by atoms with Crippen molar-refractivity contribution in [1.82, 2.24) is 20.2 Å². The maximum absolute atomic E-state index is 12.2. The fraction of sp³-hybridized carbons (Fsp3) is 0.250. The summed E-state index contributed by atoms with van der Waals surface area (Å²) in [6.45, 7) is 0.0144. The number of thioether (sulfide) groups is 1. The predicted octanol–water partition coefficient (Wildman–Crippen LogP) is 0.859. The third-order valence-corrected chi connectivity index (χ3v) is 3.50. The van der Waals surface area contributed by atoms with Gasteiger partial charge in [0.2, 0.25) is 11.1 Å². The van der Waals surface area contributed by atoms with Crippen LogP contribution in [0.2, 0.25) is 0 Å². The van der Waals surface area contributed by atoms with E-state index in [1.54, 1.807) is 19.2 Å². The highest BCUT2D eigenvalue weighted by atomic mass is 32.2. The first-order chi connectivity index (χ1) is 9.72. The molecule has 0 radical (unpaired) electrons. The van der Waals surface area contributed by atoms with Crippen LogP contribution in [0.4, 0.5) is 5.69 Å². The largest absolute Gasteiger partial charge is 0.298 e. The summed E-state index contributed by atoms with van der Waals surface area (Å²) in [7, 11) is 1.71. The molecule has 0 saturated heterocycles. The van der Waals surface area contributed by atoms with E-state index in [-0.39, 0.29) is 18.2 Å². The van der Waals surface area contributed by atoms with Gasteiger partial charge in [0.05, 0.1) is 11.8 Å². The van der Waals surface area contributed by atoms with Crippen molar-refractivity contribution in [1.29, 1.82) is 5.26 Å². The summed E-state index contributed by atoms with van der Waals surface area (Å²) in [6.07, 6.45) is 0. The van der Waals surface area contributed by atoms with Crippen LogP contribution in [0, 0.1) is 11.3 Å². The molecule has 0 aliphatic heterocycles. The third-order valence-electron chi connectivity index (χ3n) is 2.50. The molecule has 0 bridgehead atoms. The van der Waals surface area contributed by atoms with Gasteiger partial charge in [-0.05, 0) is 22.6 Å². The maximum Gasteiger partial charge on any atom is 0.238 e. The number of para-hydroxylation sites is 1. The number of nitrogens with zero attached hydrogens (tertiary/aromatic N) is 6. The van der Waals surface area contributed by atoms with Gasteiger partial charge >= 0.3 is 0 Å². The Balaban J connectivity index is 2.05. The lowest BCUT2D eigenvalue weighted by atomic mass is 10.3. The van der Waals surface area contributed by atoms with Crippen molar-refractivity contribution in [3.05, 3.63) is 30.3 Å². The molecule has 1 aromatic carbocycles. The van der Waals surface area contributed by atoms with E-state index in [4.69, 9.17) is 5.26 Å². The highest BCUT2D eigenvalue weighted by molar-refractivity contribution is 7.99. The van der Waals surface area contributed by atoms with Crippen molar-refractivity contribution in [3.8, 4) is 6.07 Å². The number of rotatable bonds is 5. The first kappa shape index (κ1) is 14.0. The zero-order valence-electron chi connectivity index (χ0n) is 10.8. The van der Waals surface area contributed by atoms with Gasteiger partial charge in [-0.2, -0.15) is 5.26 Å².